The maximum absolute atomic E-state index is 5.52. The van der Waals surface area contributed by atoms with Crippen LogP contribution >= 0.6 is 0 Å². The van der Waals surface area contributed by atoms with E-state index in [1.165, 1.54) is 5.56 Å². The maximum Gasteiger partial charge on any atom is 0.194 e. The number of anilines is 1. The van der Waals surface area contributed by atoms with Crippen LogP contribution in [0.5, 0.6) is 5.75 Å². The summed E-state index contributed by atoms with van der Waals surface area (Å²) in [6.45, 7) is 4.39. The highest BCUT2D eigenvalue weighted by Gasteiger charge is 2.21. The van der Waals surface area contributed by atoms with Crippen molar-refractivity contribution in [2.75, 3.05) is 45.2 Å². The number of guanidine groups is 1. The molecule has 0 spiro atoms. The van der Waals surface area contributed by atoms with Crippen LogP contribution in [0.15, 0.2) is 72.0 Å². The number of hydrogen-bond donors (Lipinski definition) is 1. The van der Waals surface area contributed by atoms with Gasteiger partial charge in [0.05, 0.1) is 18.5 Å². The molecule has 0 bridgehead atoms. The summed E-state index contributed by atoms with van der Waals surface area (Å²) < 4.78 is 7.39. The van der Waals surface area contributed by atoms with E-state index in [1.54, 1.807) is 13.3 Å². The SMILES string of the molecule is CN=C(NCc1cccc(-n2cccn2)c1)N1CCN(c2ccccc2OC)CC1. The largest absolute Gasteiger partial charge is 0.495 e. The van der Waals surface area contributed by atoms with Gasteiger partial charge in [0.15, 0.2) is 5.96 Å². The predicted octanol–water partition coefficient (Wildman–Crippen LogP) is 2.78. The summed E-state index contributed by atoms with van der Waals surface area (Å²) in [4.78, 5) is 9.18. The molecule has 7 heteroatoms. The molecule has 7 nitrogen and oxygen atoms in total. The van der Waals surface area contributed by atoms with Crippen LogP contribution < -0.4 is 15.0 Å². The monoisotopic (exact) mass is 404 g/mol. The molecule has 0 atom stereocenters. The van der Waals surface area contributed by atoms with Crippen molar-refractivity contribution in [2.45, 2.75) is 6.54 Å². The van der Waals surface area contributed by atoms with Gasteiger partial charge < -0.3 is 19.9 Å². The van der Waals surface area contributed by atoms with E-state index in [9.17, 15) is 0 Å². The molecule has 30 heavy (non-hydrogen) atoms. The lowest BCUT2D eigenvalue weighted by Crippen LogP contribution is -2.52. The van der Waals surface area contributed by atoms with Crippen molar-refractivity contribution in [3.05, 3.63) is 72.6 Å². The summed E-state index contributed by atoms with van der Waals surface area (Å²) in [7, 11) is 3.57. The lowest BCUT2D eigenvalue weighted by molar-refractivity contribution is 0.367. The molecule has 0 aliphatic carbocycles. The van der Waals surface area contributed by atoms with Crippen molar-refractivity contribution in [3.8, 4) is 11.4 Å². The summed E-state index contributed by atoms with van der Waals surface area (Å²) in [6, 6.07) is 18.5. The highest BCUT2D eigenvalue weighted by atomic mass is 16.5. The van der Waals surface area contributed by atoms with Gasteiger partial charge in [-0.1, -0.05) is 24.3 Å². The summed E-state index contributed by atoms with van der Waals surface area (Å²) in [5.74, 6) is 1.85. The second-order valence-corrected chi connectivity index (χ2v) is 7.17. The van der Waals surface area contributed by atoms with Gasteiger partial charge in [-0.15, -0.1) is 0 Å². The Kier molecular flexibility index (Phi) is 6.17. The Bertz CT molecular complexity index is 977. The average Bonchev–Trinajstić information content (AvgIpc) is 3.35. The highest BCUT2D eigenvalue weighted by molar-refractivity contribution is 5.80. The predicted molar refractivity (Wildman–Crippen MR) is 121 cm³/mol. The zero-order valence-electron chi connectivity index (χ0n) is 17.5. The Morgan fingerprint density at radius 2 is 1.90 bits per heavy atom. The topological polar surface area (TPSA) is 57.9 Å². The zero-order valence-corrected chi connectivity index (χ0v) is 17.5. The molecule has 0 radical (unpaired) electrons. The van der Waals surface area contributed by atoms with Gasteiger partial charge in [-0.2, -0.15) is 5.10 Å². The first-order valence-electron chi connectivity index (χ1n) is 10.2. The third-order valence-corrected chi connectivity index (χ3v) is 5.35. The number of aromatic nitrogens is 2. The van der Waals surface area contributed by atoms with Crippen LogP contribution in [-0.2, 0) is 6.54 Å². The van der Waals surface area contributed by atoms with E-state index in [0.717, 1.165) is 49.3 Å². The van der Waals surface area contributed by atoms with E-state index in [-0.39, 0.29) is 0 Å². The quantitative estimate of drug-likeness (QED) is 0.524. The Labute approximate surface area is 177 Å². The van der Waals surface area contributed by atoms with Crippen LogP contribution in [0.25, 0.3) is 5.69 Å². The van der Waals surface area contributed by atoms with Crippen molar-refractivity contribution in [1.29, 1.82) is 0 Å². The number of para-hydroxylation sites is 2. The first-order chi connectivity index (χ1) is 14.8. The zero-order chi connectivity index (χ0) is 20.8. The summed E-state index contributed by atoms with van der Waals surface area (Å²) in [5.41, 5.74) is 3.40. The minimum atomic E-state index is 0.717. The lowest BCUT2D eigenvalue weighted by atomic mass is 10.2. The molecule has 1 saturated heterocycles. The van der Waals surface area contributed by atoms with Gasteiger partial charge in [0, 0.05) is 52.2 Å². The van der Waals surface area contributed by atoms with Gasteiger partial charge in [0.2, 0.25) is 0 Å². The molecule has 1 aliphatic heterocycles. The minimum Gasteiger partial charge on any atom is -0.495 e. The van der Waals surface area contributed by atoms with Gasteiger partial charge in [0.1, 0.15) is 5.75 Å². The Morgan fingerprint density at radius 1 is 1.07 bits per heavy atom. The van der Waals surface area contributed by atoms with Crippen LogP contribution in [0.1, 0.15) is 5.56 Å². The molecule has 0 saturated carbocycles. The molecule has 3 aromatic rings. The smallest absolute Gasteiger partial charge is 0.194 e. The number of aliphatic imine (C=N–C) groups is 1. The van der Waals surface area contributed by atoms with E-state index in [2.05, 4.69) is 61.6 Å². The summed E-state index contributed by atoms with van der Waals surface area (Å²) in [5, 5.41) is 7.82. The third kappa shape index (κ3) is 4.40. The number of methoxy groups -OCH3 is 1. The fraction of sp³-hybridized carbons (Fsp3) is 0.304. The molecule has 2 aromatic carbocycles. The van der Waals surface area contributed by atoms with Crippen molar-refractivity contribution in [3.63, 3.8) is 0 Å². The number of benzene rings is 2. The maximum atomic E-state index is 5.52. The molecule has 1 N–H and O–H groups in total. The molecule has 2 heterocycles. The van der Waals surface area contributed by atoms with Crippen LogP contribution in [-0.4, -0.2) is 61.0 Å². The first kappa shape index (κ1) is 19.8. The fourth-order valence-corrected chi connectivity index (χ4v) is 3.79. The lowest BCUT2D eigenvalue weighted by Gasteiger charge is -2.38. The molecular formula is C23H28N6O. The standard InChI is InChI=1S/C23H28N6O/c1-24-23(25-18-19-7-5-8-20(17-19)29-12-6-11-26-29)28-15-13-27(14-16-28)21-9-3-4-10-22(21)30-2/h3-12,17H,13-16,18H2,1-2H3,(H,24,25). The van der Waals surface area contributed by atoms with Gasteiger partial charge >= 0.3 is 0 Å². The van der Waals surface area contributed by atoms with Crippen molar-refractivity contribution >= 4 is 11.6 Å². The average molecular weight is 405 g/mol. The minimum absolute atomic E-state index is 0.717. The summed E-state index contributed by atoms with van der Waals surface area (Å²) >= 11 is 0. The number of rotatable bonds is 5. The number of nitrogens with zero attached hydrogens (tertiary/aromatic N) is 5. The van der Waals surface area contributed by atoms with Crippen LogP contribution in [0.4, 0.5) is 5.69 Å². The molecule has 156 valence electrons. The van der Waals surface area contributed by atoms with E-state index >= 15 is 0 Å². The molecule has 4 rings (SSSR count). The van der Waals surface area contributed by atoms with Gasteiger partial charge in [-0.3, -0.25) is 4.99 Å². The number of hydrogen-bond acceptors (Lipinski definition) is 4. The van der Waals surface area contributed by atoms with E-state index < -0.39 is 0 Å². The fourth-order valence-electron chi connectivity index (χ4n) is 3.79. The molecule has 1 aliphatic rings. The van der Waals surface area contributed by atoms with E-state index in [0.29, 0.717) is 6.54 Å². The Morgan fingerprint density at radius 3 is 2.63 bits per heavy atom. The number of ether oxygens (including phenoxy) is 1. The first-order valence-corrected chi connectivity index (χ1v) is 10.2. The van der Waals surface area contributed by atoms with Gasteiger partial charge in [0.25, 0.3) is 0 Å². The normalized spacial score (nSPS) is 14.7. The molecule has 1 aromatic heterocycles. The van der Waals surface area contributed by atoms with Gasteiger partial charge in [-0.05, 0) is 35.9 Å². The molecule has 0 amide bonds. The highest BCUT2D eigenvalue weighted by Crippen LogP contribution is 2.28. The number of piperazine rings is 1. The van der Waals surface area contributed by atoms with Crippen LogP contribution in [0.2, 0.25) is 0 Å². The van der Waals surface area contributed by atoms with Crippen molar-refractivity contribution in [1.82, 2.24) is 20.0 Å². The second kappa shape index (κ2) is 9.35. The van der Waals surface area contributed by atoms with E-state index in [1.807, 2.05) is 36.1 Å². The molecule has 1 fully saturated rings. The summed E-state index contributed by atoms with van der Waals surface area (Å²) in [6.07, 6.45) is 3.74. The Hall–Kier alpha value is -3.48. The van der Waals surface area contributed by atoms with Gasteiger partial charge in [-0.25, -0.2) is 4.68 Å². The molecule has 0 unspecified atom stereocenters. The second-order valence-electron chi connectivity index (χ2n) is 7.17. The van der Waals surface area contributed by atoms with Crippen LogP contribution in [0, 0.1) is 0 Å². The molecular weight excluding hydrogens is 376 g/mol. The van der Waals surface area contributed by atoms with Crippen LogP contribution in [0.3, 0.4) is 0 Å². The third-order valence-electron chi connectivity index (χ3n) is 5.35. The van der Waals surface area contributed by atoms with Crippen molar-refractivity contribution in [2.24, 2.45) is 4.99 Å². The van der Waals surface area contributed by atoms with E-state index in [4.69, 9.17) is 4.74 Å². The Balaban J connectivity index is 1.35. The number of nitrogens with one attached hydrogen (secondary N) is 1. The van der Waals surface area contributed by atoms with Crippen molar-refractivity contribution < 1.29 is 4.74 Å².